The van der Waals surface area contributed by atoms with Crippen molar-refractivity contribution < 1.29 is 4.39 Å². The Morgan fingerprint density at radius 1 is 1.12 bits per heavy atom. The Kier molecular flexibility index (Phi) is 5.79. The Morgan fingerprint density at radius 2 is 1.85 bits per heavy atom. The molecule has 0 N–H and O–H groups in total. The number of rotatable bonds is 5. The minimum absolute atomic E-state index is 0.0801. The number of hydrogen-bond donors (Lipinski definition) is 0. The van der Waals surface area contributed by atoms with E-state index >= 15 is 0 Å². The molecule has 3 nitrogen and oxygen atoms in total. The second-order valence-corrected chi connectivity index (χ2v) is 7.32. The molecular formula is C20H18ClFN2OS. The summed E-state index contributed by atoms with van der Waals surface area (Å²) in [6.45, 7) is 1.83. The third-order valence-electron chi connectivity index (χ3n) is 4.18. The van der Waals surface area contributed by atoms with Crippen molar-refractivity contribution in [3.63, 3.8) is 0 Å². The highest BCUT2D eigenvalue weighted by molar-refractivity contribution is 7.98. The minimum atomic E-state index is -0.354. The van der Waals surface area contributed by atoms with Gasteiger partial charge in [-0.05, 0) is 24.6 Å². The summed E-state index contributed by atoms with van der Waals surface area (Å²) in [7, 11) is 1.69. The molecule has 26 heavy (non-hydrogen) atoms. The lowest BCUT2D eigenvalue weighted by Gasteiger charge is -2.12. The van der Waals surface area contributed by atoms with Gasteiger partial charge >= 0.3 is 0 Å². The first-order valence-electron chi connectivity index (χ1n) is 8.13. The van der Waals surface area contributed by atoms with Crippen LogP contribution in [0.15, 0.2) is 58.5 Å². The lowest BCUT2D eigenvalue weighted by Crippen LogP contribution is -2.25. The van der Waals surface area contributed by atoms with E-state index in [4.69, 9.17) is 11.6 Å². The van der Waals surface area contributed by atoms with E-state index in [0.29, 0.717) is 39.2 Å². The van der Waals surface area contributed by atoms with Gasteiger partial charge in [0, 0.05) is 41.1 Å². The van der Waals surface area contributed by atoms with Crippen molar-refractivity contribution in [1.29, 1.82) is 0 Å². The third-order valence-corrected chi connectivity index (χ3v) is 5.59. The van der Waals surface area contributed by atoms with Crippen LogP contribution in [0, 0.1) is 12.7 Å². The average molecular weight is 389 g/mol. The van der Waals surface area contributed by atoms with Crippen molar-refractivity contribution in [1.82, 2.24) is 9.55 Å². The van der Waals surface area contributed by atoms with Crippen molar-refractivity contribution in [2.24, 2.45) is 7.05 Å². The Hall–Kier alpha value is -2.11. The maximum Gasteiger partial charge on any atom is 0.257 e. The van der Waals surface area contributed by atoms with Crippen molar-refractivity contribution in [3.05, 3.63) is 92.1 Å². The van der Waals surface area contributed by atoms with Gasteiger partial charge in [-0.15, -0.1) is 0 Å². The molecule has 0 fully saturated rings. The highest BCUT2D eigenvalue weighted by Crippen LogP contribution is 2.27. The minimum Gasteiger partial charge on any atom is -0.291 e. The molecule has 0 amide bonds. The van der Waals surface area contributed by atoms with Crippen LogP contribution in [-0.2, 0) is 19.2 Å². The van der Waals surface area contributed by atoms with Gasteiger partial charge in [0.2, 0.25) is 0 Å². The zero-order valence-corrected chi connectivity index (χ0v) is 16.1. The molecule has 0 atom stereocenters. The standard InChI is InChI=1S/C20H18ClFN2OS/c1-13-15(11-14-7-4-3-5-8-14)19(25)24(2)20(23-13)26-12-16-17(21)9-6-10-18(16)22/h3-10H,11-12H2,1-2H3. The van der Waals surface area contributed by atoms with Gasteiger partial charge in [0.1, 0.15) is 5.82 Å². The molecular weight excluding hydrogens is 371 g/mol. The molecule has 0 aliphatic heterocycles. The molecule has 134 valence electrons. The molecule has 2 aromatic carbocycles. The molecule has 0 aliphatic carbocycles. The number of nitrogens with zero attached hydrogens (tertiary/aromatic N) is 2. The molecule has 3 rings (SSSR count). The SMILES string of the molecule is Cc1nc(SCc2c(F)cccc2Cl)n(C)c(=O)c1Cc1ccccc1. The van der Waals surface area contributed by atoms with Gasteiger partial charge in [0.05, 0.1) is 0 Å². The van der Waals surface area contributed by atoms with Crippen LogP contribution in [0.4, 0.5) is 4.39 Å². The Bertz CT molecular complexity index is 969. The number of aryl methyl sites for hydroxylation is 1. The average Bonchev–Trinajstić information content (AvgIpc) is 2.63. The maximum absolute atomic E-state index is 13.9. The molecule has 0 aliphatic rings. The van der Waals surface area contributed by atoms with Crippen molar-refractivity contribution in [3.8, 4) is 0 Å². The molecule has 3 aromatic rings. The van der Waals surface area contributed by atoms with Crippen LogP contribution < -0.4 is 5.56 Å². The zero-order valence-electron chi connectivity index (χ0n) is 14.5. The van der Waals surface area contributed by atoms with E-state index < -0.39 is 0 Å². The first-order valence-corrected chi connectivity index (χ1v) is 9.50. The van der Waals surface area contributed by atoms with Gasteiger partial charge in [-0.3, -0.25) is 9.36 Å². The van der Waals surface area contributed by atoms with Crippen molar-refractivity contribution in [2.45, 2.75) is 24.3 Å². The summed E-state index contributed by atoms with van der Waals surface area (Å²) in [4.78, 5) is 17.3. The number of benzene rings is 2. The lowest BCUT2D eigenvalue weighted by molar-refractivity contribution is 0.617. The first-order chi connectivity index (χ1) is 12.5. The van der Waals surface area contributed by atoms with Crippen LogP contribution in [0.25, 0.3) is 0 Å². The Labute approximate surface area is 160 Å². The van der Waals surface area contributed by atoms with Gasteiger partial charge < -0.3 is 0 Å². The normalized spacial score (nSPS) is 10.9. The molecule has 6 heteroatoms. The summed E-state index contributed by atoms with van der Waals surface area (Å²) in [5.74, 6) is -0.0455. The number of thioether (sulfide) groups is 1. The van der Waals surface area contributed by atoms with Gasteiger partial charge in [0.25, 0.3) is 5.56 Å². The summed E-state index contributed by atoms with van der Waals surface area (Å²) in [5.41, 5.74) is 2.77. The van der Waals surface area contributed by atoms with Crippen LogP contribution in [0.1, 0.15) is 22.4 Å². The summed E-state index contributed by atoms with van der Waals surface area (Å²) >= 11 is 7.37. The van der Waals surface area contributed by atoms with Crippen LogP contribution in [0.5, 0.6) is 0 Å². The fraction of sp³-hybridized carbons (Fsp3) is 0.200. The van der Waals surface area contributed by atoms with Gasteiger partial charge in [-0.1, -0.05) is 59.8 Å². The number of halogens is 2. The fourth-order valence-electron chi connectivity index (χ4n) is 2.67. The third kappa shape index (κ3) is 4.00. The fourth-order valence-corrected chi connectivity index (χ4v) is 4.02. The molecule has 0 spiro atoms. The number of hydrogen-bond acceptors (Lipinski definition) is 3. The van der Waals surface area contributed by atoms with Crippen LogP contribution >= 0.6 is 23.4 Å². The van der Waals surface area contributed by atoms with Crippen LogP contribution in [0.3, 0.4) is 0 Å². The summed E-state index contributed by atoms with van der Waals surface area (Å²) in [6.07, 6.45) is 0.538. The molecule has 0 saturated carbocycles. The molecule has 1 heterocycles. The summed E-state index contributed by atoms with van der Waals surface area (Å²) in [6, 6.07) is 14.4. The maximum atomic E-state index is 13.9. The molecule has 1 aromatic heterocycles. The summed E-state index contributed by atoms with van der Waals surface area (Å²) in [5, 5.41) is 0.920. The summed E-state index contributed by atoms with van der Waals surface area (Å²) < 4.78 is 15.5. The van der Waals surface area contributed by atoms with Gasteiger partial charge in [0.15, 0.2) is 5.16 Å². The van der Waals surface area contributed by atoms with E-state index in [0.717, 1.165) is 5.56 Å². The van der Waals surface area contributed by atoms with E-state index in [1.54, 1.807) is 19.2 Å². The van der Waals surface area contributed by atoms with Crippen LogP contribution in [-0.4, -0.2) is 9.55 Å². The highest BCUT2D eigenvalue weighted by Gasteiger charge is 2.14. The number of aromatic nitrogens is 2. The van der Waals surface area contributed by atoms with E-state index in [9.17, 15) is 9.18 Å². The second kappa shape index (κ2) is 8.06. The van der Waals surface area contributed by atoms with E-state index in [1.807, 2.05) is 37.3 Å². The molecule has 0 saturated heterocycles. The Balaban J connectivity index is 1.87. The second-order valence-electron chi connectivity index (χ2n) is 5.97. The zero-order chi connectivity index (χ0) is 18.7. The van der Waals surface area contributed by atoms with Gasteiger partial charge in [-0.2, -0.15) is 0 Å². The molecule has 0 unspecified atom stereocenters. The van der Waals surface area contributed by atoms with Crippen LogP contribution in [0.2, 0.25) is 5.02 Å². The molecule has 0 radical (unpaired) electrons. The van der Waals surface area contributed by atoms with Gasteiger partial charge in [-0.25, -0.2) is 9.37 Å². The van der Waals surface area contributed by atoms with Crippen molar-refractivity contribution in [2.75, 3.05) is 0 Å². The monoisotopic (exact) mass is 388 g/mol. The largest absolute Gasteiger partial charge is 0.291 e. The predicted octanol–water partition coefficient (Wildman–Crippen LogP) is 4.76. The lowest BCUT2D eigenvalue weighted by atomic mass is 10.1. The van der Waals surface area contributed by atoms with E-state index in [1.165, 1.54) is 22.4 Å². The topological polar surface area (TPSA) is 34.9 Å². The van der Waals surface area contributed by atoms with E-state index in [2.05, 4.69) is 4.98 Å². The first kappa shape index (κ1) is 18.7. The van der Waals surface area contributed by atoms with Crippen molar-refractivity contribution >= 4 is 23.4 Å². The molecule has 0 bridgehead atoms. The Morgan fingerprint density at radius 3 is 2.54 bits per heavy atom. The smallest absolute Gasteiger partial charge is 0.257 e. The predicted molar refractivity (Wildman–Crippen MR) is 104 cm³/mol. The van der Waals surface area contributed by atoms with E-state index in [-0.39, 0.29) is 11.4 Å². The highest BCUT2D eigenvalue weighted by atomic mass is 35.5. The quantitative estimate of drug-likeness (QED) is 0.466.